The first-order chi connectivity index (χ1) is 8.31. The molecule has 17 heavy (non-hydrogen) atoms. The van der Waals surface area contributed by atoms with Gasteiger partial charge in [0.1, 0.15) is 11.5 Å². The first-order valence-electron chi connectivity index (χ1n) is 5.90. The van der Waals surface area contributed by atoms with E-state index in [-0.39, 0.29) is 6.79 Å². The second kappa shape index (κ2) is 7.92. The minimum Gasteiger partial charge on any atom is -0.497 e. The maximum atomic E-state index is 5.56. The molecule has 0 saturated carbocycles. The summed E-state index contributed by atoms with van der Waals surface area (Å²) in [5, 5.41) is 3.27. The van der Waals surface area contributed by atoms with Gasteiger partial charge in [0.05, 0.1) is 7.11 Å². The SMILES string of the molecule is CCNCc1cc(OC)ccc1OCOCC. The first kappa shape index (κ1) is 13.8. The largest absolute Gasteiger partial charge is 0.497 e. The van der Waals surface area contributed by atoms with Crippen LogP contribution in [-0.2, 0) is 11.3 Å². The molecule has 0 aromatic heterocycles. The van der Waals surface area contributed by atoms with Gasteiger partial charge in [-0.25, -0.2) is 0 Å². The fourth-order valence-corrected chi connectivity index (χ4v) is 1.41. The van der Waals surface area contributed by atoms with Crippen molar-refractivity contribution in [1.82, 2.24) is 5.32 Å². The van der Waals surface area contributed by atoms with Gasteiger partial charge < -0.3 is 19.5 Å². The molecule has 0 amide bonds. The Morgan fingerprint density at radius 1 is 1.24 bits per heavy atom. The maximum absolute atomic E-state index is 5.56. The van der Waals surface area contributed by atoms with Crippen LogP contribution in [0.5, 0.6) is 11.5 Å². The molecule has 96 valence electrons. The van der Waals surface area contributed by atoms with E-state index in [9.17, 15) is 0 Å². The molecule has 0 spiro atoms. The molecule has 0 heterocycles. The molecule has 0 atom stereocenters. The lowest BCUT2D eigenvalue weighted by Crippen LogP contribution is -2.13. The van der Waals surface area contributed by atoms with Crippen LogP contribution in [-0.4, -0.2) is 27.1 Å². The van der Waals surface area contributed by atoms with Crippen molar-refractivity contribution in [2.75, 3.05) is 27.1 Å². The van der Waals surface area contributed by atoms with Gasteiger partial charge in [0.15, 0.2) is 6.79 Å². The molecule has 1 rings (SSSR count). The van der Waals surface area contributed by atoms with Crippen molar-refractivity contribution in [3.63, 3.8) is 0 Å². The summed E-state index contributed by atoms with van der Waals surface area (Å²) >= 11 is 0. The summed E-state index contributed by atoms with van der Waals surface area (Å²) in [6, 6.07) is 5.77. The van der Waals surface area contributed by atoms with Crippen LogP contribution in [0.2, 0.25) is 0 Å². The molecule has 0 saturated heterocycles. The Hall–Kier alpha value is -1.26. The second-order valence-corrected chi connectivity index (χ2v) is 3.51. The normalized spacial score (nSPS) is 10.3. The molecule has 0 aliphatic carbocycles. The number of methoxy groups -OCH3 is 1. The topological polar surface area (TPSA) is 39.7 Å². The van der Waals surface area contributed by atoms with Gasteiger partial charge in [-0.1, -0.05) is 6.92 Å². The number of benzene rings is 1. The summed E-state index contributed by atoms with van der Waals surface area (Å²) in [6.07, 6.45) is 0. The van der Waals surface area contributed by atoms with Crippen molar-refractivity contribution in [2.24, 2.45) is 0 Å². The highest BCUT2D eigenvalue weighted by atomic mass is 16.7. The van der Waals surface area contributed by atoms with Gasteiger partial charge in [0.25, 0.3) is 0 Å². The van der Waals surface area contributed by atoms with Crippen molar-refractivity contribution >= 4 is 0 Å². The molecular weight excluding hydrogens is 218 g/mol. The van der Waals surface area contributed by atoms with Crippen molar-refractivity contribution in [3.05, 3.63) is 23.8 Å². The third-order valence-electron chi connectivity index (χ3n) is 2.33. The van der Waals surface area contributed by atoms with Crippen molar-refractivity contribution in [3.8, 4) is 11.5 Å². The summed E-state index contributed by atoms with van der Waals surface area (Å²) in [5.41, 5.74) is 1.07. The number of nitrogens with one attached hydrogen (secondary N) is 1. The van der Waals surface area contributed by atoms with E-state index in [4.69, 9.17) is 14.2 Å². The van der Waals surface area contributed by atoms with Crippen molar-refractivity contribution < 1.29 is 14.2 Å². The van der Waals surface area contributed by atoms with E-state index in [2.05, 4.69) is 12.2 Å². The number of rotatable bonds is 8. The van der Waals surface area contributed by atoms with Crippen LogP contribution in [0.3, 0.4) is 0 Å². The molecule has 0 aliphatic heterocycles. The van der Waals surface area contributed by atoms with Crippen LogP contribution in [0.15, 0.2) is 18.2 Å². The highest BCUT2D eigenvalue weighted by molar-refractivity contribution is 5.40. The number of ether oxygens (including phenoxy) is 3. The lowest BCUT2D eigenvalue weighted by molar-refractivity contribution is 0.0217. The van der Waals surface area contributed by atoms with Crippen LogP contribution in [0.4, 0.5) is 0 Å². The van der Waals surface area contributed by atoms with Crippen LogP contribution < -0.4 is 14.8 Å². The average molecular weight is 239 g/mol. The molecular formula is C13H21NO3. The average Bonchev–Trinajstić information content (AvgIpc) is 2.37. The molecule has 1 aromatic rings. The van der Waals surface area contributed by atoms with Gasteiger partial charge in [-0.3, -0.25) is 0 Å². The van der Waals surface area contributed by atoms with E-state index in [0.717, 1.165) is 30.2 Å². The predicted octanol–water partition coefficient (Wildman–Crippen LogP) is 2.18. The number of hydrogen-bond donors (Lipinski definition) is 1. The maximum Gasteiger partial charge on any atom is 0.189 e. The van der Waals surface area contributed by atoms with E-state index in [0.29, 0.717) is 6.61 Å². The zero-order chi connectivity index (χ0) is 12.5. The van der Waals surface area contributed by atoms with Crippen LogP contribution in [0, 0.1) is 0 Å². The Bertz CT molecular complexity index is 328. The van der Waals surface area contributed by atoms with Crippen LogP contribution >= 0.6 is 0 Å². The summed E-state index contributed by atoms with van der Waals surface area (Å²) in [7, 11) is 1.66. The van der Waals surface area contributed by atoms with Gasteiger partial charge in [-0.15, -0.1) is 0 Å². The fraction of sp³-hybridized carbons (Fsp3) is 0.538. The Labute approximate surface area is 103 Å². The molecule has 0 bridgehead atoms. The molecule has 1 aromatic carbocycles. The van der Waals surface area contributed by atoms with E-state index in [1.807, 2.05) is 25.1 Å². The smallest absolute Gasteiger partial charge is 0.189 e. The third kappa shape index (κ3) is 4.63. The van der Waals surface area contributed by atoms with Crippen molar-refractivity contribution in [1.29, 1.82) is 0 Å². The minimum absolute atomic E-state index is 0.280. The van der Waals surface area contributed by atoms with E-state index in [1.165, 1.54) is 0 Å². The van der Waals surface area contributed by atoms with Gasteiger partial charge in [-0.05, 0) is 31.7 Å². The van der Waals surface area contributed by atoms with E-state index in [1.54, 1.807) is 7.11 Å². The van der Waals surface area contributed by atoms with E-state index >= 15 is 0 Å². The van der Waals surface area contributed by atoms with E-state index < -0.39 is 0 Å². The summed E-state index contributed by atoms with van der Waals surface area (Å²) in [4.78, 5) is 0. The lowest BCUT2D eigenvalue weighted by atomic mass is 10.2. The molecule has 4 nitrogen and oxygen atoms in total. The summed E-state index contributed by atoms with van der Waals surface area (Å²) in [5.74, 6) is 1.67. The van der Waals surface area contributed by atoms with Gasteiger partial charge in [0.2, 0.25) is 0 Å². The van der Waals surface area contributed by atoms with Crippen molar-refractivity contribution in [2.45, 2.75) is 20.4 Å². The third-order valence-corrected chi connectivity index (χ3v) is 2.33. The molecule has 0 fully saturated rings. The highest BCUT2D eigenvalue weighted by Crippen LogP contribution is 2.24. The fourth-order valence-electron chi connectivity index (χ4n) is 1.41. The Morgan fingerprint density at radius 3 is 2.71 bits per heavy atom. The standard InChI is InChI=1S/C13H21NO3/c1-4-14-9-11-8-12(15-3)6-7-13(11)17-10-16-5-2/h6-8,14H,4-5,9-10H2,1-3H3. The number of hydrogen-bond acceptors (Lipinski definition) is 4. The second-order valence-electron chi connectivity index (χ2n) is 3.51. The highest BCUT2D eigenvalue weighted by Gasteiger charge is 2.05. The molecule has 4 heteroatoms. The summed E-state index contributed by atoms with van der Waals surface area (Å²) < 4.78 is 15.9. The Balaban J connectivity index is 2.71. The molecule has 0 aliphatic rings. The molecule has 0 radical (unpaired) electrons. The lowest BCUT2D eigenvalue weighted by Gasteiger charge is -2.13. The minimum atomic E-state index is 0.280. The quantitative estimate of drug-likeness (QED) is 0.557. The van der Waals surface area contributed by atoms with Crippen LogP contribution in [0.1, 0.15) is 19.4 Å². The zero-order valence-corrected chi connectivity index (χ0v) is 10.8. The summed E-state index contributed by atoms with van der Waals surface area (Å²) in [6.45, 7) is 6.62. The predicted molar refractivity (Wildman–Crippen MR) is 67.5 cm³/mol. The molecule has 1 N–H and O–H groups in total. The first-order valence-corrected chi connectivity index (χ1v) is 5.90. The van der Waals surface area contributed by atoms with Gasteiger partial charge in [0, 0.05) is 18.7 Å². The van der Waals surface area contributed by atoms with Crippen LogP contribution in [0.25, 0.3) is 0 Å². The molecule has 0 unspecified atom stereocenters. The Morgan fingerprint density at radius 2 is 2.06 bits per heavy atom. The van der Waals surface area contributed by atoms with Gasteiger partial charge >= 0.3 is 0 Å². The Kier molecular flexibility index (Phi) is 6.43. The zero-order valence-electron chi connectivity index (χ0n) is 10.8. The monoisotopic (exact) mass is 239 g/mol. The van der Waals surface area contributed by atoms with Gasteiger partial charge in [-0.2, -0.15) is 0 Å².